The van der Waals surface area contributed by atoms with E-state index in [0.717, 1.165) is 12.2 Å². The summed E-state index contributed by atoms with van der Waals surface area (Å²) in [6.07, 6.45) is 1.36. The lowest BCUT2D eigenvalue weighted by Gasteiger charge is -2.16. The van der Waals surface area contributed by atoms with Crippen LogP contribution in [0.15, 0.2) is 41.1 Å². The number of carbonyl (C=O) groups is 1. The van der Waals surface area contributed by atoms with Crippen molar-refractivity contribution in [2.24, 2.45) is 5.73 Å². The molecule has 2 N–H and O–H groups in total. The number of hydrogen-bond donors (Lipinski definition) is 1. The van der Waals surface area contributed by atoms with Gasteiger partial charge in [-0.25, -0.2) is 0 Å². The van der Waals surface area contributed by atoms with Gasteiger partial charge in [-0.2, -0.15) is 11.3 Å². The summed E-state index contributed by atoms with van der Waals surface area (Å²) in [4.78, 5) is 14.3. The number of aryl methyl sites for hydroxylation is 1. The quantitative estimate of drug-likeness (QED) is 0.917. The predicted molar refractivity (Wildman–Crippen MR) is 92.9 cm³/mol. The molecule has 0 bridgehead atoms. The number of methoxy groups -OCH3 is 1. The molecule has 2 aromatic rings. The first kappa shape index (κ1) is 16.0. The highest BCUT2D eigenvalue weighted by molar-refractivity contribution is 7.07. The van der Waals surface area contributed by atoms with E-state index in [1.165, 1.54) is 11.1 Å². The van der Waals surface area contributed by atoms with E-state index >= 15 is 0 Å². The van der Waals surface area contributed by atoms with Gasteiger partial charge in [-0.05, 0) is 46.5 Å². The zero-order chi connectivity index (χ0) is 16.2. The molecule has 5 heteroatoms. The van der Waals surface area contributed by atoms with Crippen LogP contribution in [0.1, 0.15) is 23.5 Å². The van der Waals surface area contributed by atoms with Crippen LogP contribution in [-0.4, -0.2) is 37.0 Å². The Kier molecular flexibility index (Phi) is 4.98. The van der Waals surface area contributed by atoms with E-state index in [1.807, 2.05) is 34.5 Å². The Bertz CT molecular complexity index is 640. The number of ether oxygens (including phenoxy) is 1. The molecule has 1 aromatic heterocycles. The SMILES string of the molecule is COc1ccc(C2CN(C(=O)CCc3ccsc3)CC2N)cc1. The third-order valence-corrected chi connectivity index (χ3v) is 5.20. The summed E-state index contributed by atoms with van der Waals surface area (Å²) in [5.74, 6) is 1.23. The van der Waals surface area contributed by atoms with Gasteiger partial charge in [0.05, 0.1) is 7.11 Å². The summed E-state index contributed by atoms with van der Waals surface area (Å²) >= 11 is 1.67. The molecule has 1 amide bonds. The number of amides is 1. The molecule has 1 aliphatic rings. The Morgan fingerprint density at radius 2 is 2.09 bits per heavy atom. The first-order valence-electron chi connectivity index (χ1n) is 7.85. The van der Waals surface area contributed by atoms with Crippen LogP contribution >= 0.6 is 11.3 Å². The molecule has 1 fully saturated rings. The van der Waals surface area contributed by atoms with Gasteiger partial charge in [0.2, 0.25) is 5.91 Å². The van der Waals surface area contributed by atoms with Crippen LogP contribution in [0.2, 0.25) is 0 Å². The summed E-state index contributed by atoms with van der Waals surface area (Å²) in [6, 6.07) is 10.1. The van der Waals surface area contributed by atoms with Crippen molar-refractivity contribution in [1.29, 1.82) is 0 Å². The molecular formula is C18H22N2O2S. The van der Waals surface area contributed by atoms with Crippen LogP contribution < -0.4 is 10.5 Å². The molecule has 122 valence electrons. The van der Waals surface area contributed by atoms with Gasteiger partial charge < -0.3 is 15.4 Å². The Labute approximate surface area is 140 Å². The first-order valence-corrected chi connectivity index (χ1v) is 8.80. The number of nitrogens with zero attached hydrogens (tertiary/aromatic N) is 1. The maximum Gasteiger partial charge on any atom is 0.222 e. The van der Waals surface area contributed by atoms with Crippen molar-refractivity contribution in [1.82, 2.24) is 4.90 Å². The largest absolute Gasteiger partial charge is 0.497 e. The highest BCUT2D eigenvalue weighted by Crippen LogP contribution is 2.28. The van der Waals surface area contributed by atoms with Gasteiger partial charge in [-0.3, -0.25) is 4.79 Å². The van der Waals surface area contributed by atoms with Gasteiger partial charge in [0, 0.05) is 31.5 Å². The number of likely N-dealkylation sites (tertiary alicyclic amines) is 1. The maximum atomic E-state index is 12.4. The molecule has 1 aliphatic heterocycles. The molecule has 4 nitrogen and oxygen atoms in total. The molecule has 2 heterocycles. The lowest BCUT2D eigenvalue weighted by molar-refractivity contribution is -0.130. The summed E-state index contributed by atoms with van der Waals surface area (Å²) in [5, 5.41) is 4.15. The maximum absolute atomic E-state index is 12.4. The van der Waals surface area contributed by atoms with E-state index < -0.39 is 0 Å². The molecular weight excluding hydrogens is 308 g/mol. The van der Waals surface area contributed by atoms with Crippen LogP contribution in [0.4, 0.5) is 0 Å². The fraction of sp³-hybridized carbons (Fsp3) is 0.389. The normalized spacial score (nSPS) is 20.7. The van der Waals surface area contributed by atoms with Crippen molar-refractivity contribution in [3.8, 4) is 5.75 Å². The van der Waals surface area contributed by atoms with Crippen LogP contribution in [0.25, 0.3) is 0 Å². The standard InChI is InChI=1S/C18H22N2O2S/c1-22-15-5-3-14(4-6-15)16-10-20(11-17(16)19)18(21)7-2-13-8-9-23-12-13/h3-6,8-9,12,16-17H,2,7,10-11,19H2,1H3. The Morgan fingerprint density at radius 1 is 1.30 bits per heavy atom. The Hall–Kier alpha value is -1.85. The highest BCUT2D eigenvalue weighted by atomic mass is 32.1. The number of nitrogens with two attached hydrogens (primary N) is 1. The first-order chi connectivity index (χ1) is 11.2. The molecule has 2 atom stereocenters. The molecule has 23 heavy (non-hydrogen) atoms. The van der Waals surface area contributed by atoms with Crippen molar-refractivity contribution < 1.29 is 9.53 Å². The third-order valence-electron chi connectivity index (χ3n) is 4.47. The van der Waals surface area contributed by atoms with Crippen molar-refractivity contribution in [2.45, 2.75) is 24.8 Å². The van der Waals surface area contributed by atoms with E-state index in [2.05, 4.69) is 11.4 Å². The van der Waals surface area contributed by atoms with Crippen molar-refractivity contribution in [3.05, 3.63) is 52.2 Å². The van der Waals surface area contributed by atoms with Crippen molar-refractivity contribution in [2.75, 3.05) is 20.2 Å². The van der Waals surface area contributed by atoms with Crippen LogP contribution in [0, 0.1) is 0 Å². The molecule has 0 radical (unpaired) electrons. The summed E-state index contributed by atoms with van der Waals surface area (Å²) in [7, 11) is 1.66. The number of thiophene rings is 1. The third kappa shape index (κ3) is 3.74. The zero-order valence-electron chi connectivity index (χ0n) is 13.3. The molecule has 2 unspecified atom stereocenters. The minimum Gasteiger partial charge on any atom is -0.497 e. The lowest BCUT2D eigenvalue weighted by atomic mass is 9.95. The minimum atomic E-state index is -0.00603. The Balaban J connectivity index is 1.59. The summed E-state index contributed by atoms with van der Waals surface area (Å²) in [5.41, 5.74) is 8.68. The predicted octanol–water partition coefficient (Wildman–Crippen LogP) is 2.64. The minimum absolute atomic E-state index is 0.00603. The fourth-order valence-corrected chi connectivity index (χ4v) is 3.78. The second kappa shape index (κ2) is 7.15. The van der Waals surface area contributed by atoms with Crippen LogP contribution in [-0.2, 0) is 11.2 Å². The summed E-state index contributed by atoms with van der Waals surface area (Å²) < 4.78 is 5.19. The van der Waals surface area contributed by atoms with Crippen LogP contribution in [0.3, 0.4) is 0 Å². The van der Waals surface area contributed by atoms with Gasteiger partial charge in [-0.15, -0.1) is 0 Å². The van der Waals surface area contributed by atoms with Crippen molar-refractivity contribution >= 4 is 17.2 Å². The average Bonchev–Trinajstić information content (AvgIpc) is 3.22. The van der Waals surface area contributed by atoms with E-state index in [0.29, 0.717) is 19.5 Å². The van der Waals surface area contributed by atoms with Gasteiger partial charge in [-0.1, -0.05) is 12.1 Å². The van der Waals surface area contributed by atoms with E-state index in [4.69, 9.17) is 10.5 Å². The van der Waals surface area contributed by atoms with Crippen molar-refractivity contribution in [3.63, 3.8) is 0 Å². The van der Waals surface area contributed by atoms with Gasteiger partial charge in [0.15, 0.2) is 0 Å². The van der Waals surface area contributed by atoms with E-state index in [-0.39, 0.29) is 17.9 Å². The molecule has 1 aromatic carbocycles. The number of carbonyl (C=O) groups excluding carboxylic acids is 1. The van der Waals surface area contributed by atoms with Crippen LogP contribution in [0.5, 0.6) is 5.75 Å². The molecule has 0 spiro atoms. The fourth-order valence-electron chi connectivity index (χ4n) is 3.08. The van der Waals surface area contributed by atoms with E-state index in [9.17, 15) is 4.79 Å². The molecule has 0 aliphatic carbocycles. The monoisotopic (exact) mass is 330 g/mol. The summed E-state index contributed by atoms with van der Waals surface area (Å²) in [6.45, 7) is 1.34. The smallest absolute Gasteiger partial charge is 0.222 e. The molecule has 3 rings (SSSR count). The van der Waals surface area contributed by atoms with Gasteiger partial charge in [0.25, 0.3) is 0 Å². The lowest BCUT2D eigenvalue weighted by Crippen LogP contribution is -2.32. The number of hydrogen-bond acceptors (Lipinski definition) is 4. The second-order valence-corrected chi connectivity index (χ2v) is 6.75. The Morgan fingerprint density at radius 3 is 2.74 bits per heavy atom. The number of benzene rings is 1. The highest BCUT2D eigenvalue weighted by Gasteiger charge is 2.33. The van der Waals surface area contributed by atoms with Gasteiger partial charge >= 0.3 is 0 Å². The second-order valence-electron chi connectivity index (χ2n) is 5.97. The molecule has 0 saturated carbocycles. The average molecular weight is 330 g/mol. The van der Waals surface area contributed by atoms with E-state index in [1.54, 1.807) is 18.4 Å². The van der Waals surface area contributed by atoms with Gasteiger partial charge in [0.1, 0.15) is 5.75 Å². The topological polar surface area (TPSA) is 55.6 Å². The molecule has 1 saturated heterocycles. The zero-order valence-corrected chi connectivity index (χ0v) is 14.1. The number of rotatable bonds is 5.